The molecule has 0 unspecified atom stereocenters. The van der Waals surface area contributed by atoms with Gasteiger partial charge in [0.05, 0.1) is 41.1 Å². The fraction of sp³-hybridized carbons (Fsp3) is 0.265. The van der Waals surface area contributed by atoms with Gasteiger partial charge >= 0.3 is 5.97 Å². The predicted octanol–water partition coefficient (Wildman–Crippen LogP) is 6.59. The van der Waals surface area contributed by atoms with Gasteiger partial charge in [0.25, 0.3) is 5.56 Å². The fourth-order valence-electron chi connectivity index (χ4n) is 5.18. The third-order valence-corrected chi connectivity index (χ3v) is 8.96. The number of rotatable bonds is 11. The number of allylic oxidation sites excluding steroid dienone is 1. The summed E-state index contributed by atoms with van der Waals surface area (Å²) in [5.74, 6) is 1.01. The van der Waals surface area contributed by atoms with E-state index in [2.05, 4.69) is 15.9 Å². The summed E-state index contributed by atoms with van der Waals surface area (Å²) in [6.45, 7) is 4.29. The Balaban J connectivity index is 1.66. The van der Waals surface area contributed by atoms with Crippen LogP contribution in [0, 0.1) is 0 Å². The molecule has 45 heavy (non-hydrogen) atoms. The van der Waals surface area contributed by atoms with Crippen LogP contribution in [-0.4, -0.2) is 31.4 Å². The molecule has 1 aliphatic heterocycles. The number of halogens is 2. The first-order chi connectivity index (χ1) is 21.8. The van der Waals surface area contributed by atoms with E-state index in [1.54, 1.807) is 38.3 Å². The zero-order valence-electron chi connectivity index (χ0n) is 25.3. The highest BCUT2D eigenvalue weighted by molar-refractivity contribution is 9.10. The average molecular weight is 712 g/mol. The molecule has 0 N–H and O–H groups in total. The van der Waals surface area contributed by atoms with E-state index in [4.69, 9.17) is 35.5 Å². The van der Waals surface area contributed by atoms with Crippen LogP contribution in [0.15, 0.2) is 86.2 Å². The molecule has 1 aliphatic rings. The maximum Gasteiger partial charge on any atom is 0.338 e. The summed E-state index contributed by atoms with van der Waals surface area (Å²) in [5.41, 5.74) is 2.84. The van der Waals surface area contributed by atoms with Crippen molar-refractivity contribution in [3.05, 3.63) is 118 Å². The molecule has 8 nitrogen and oxygen atoms in total. The zero-order chi connectivity index (χ0) is 32.1. The van der Waals surface area contributed by atoms with Crippen LogP contribution in [0.5, 0.6) is 17.2 Å². The predicted molar refractivity (Wildman–Crippen MR) is 179 cm³/mol. The number of hydrogen-bond donors (Lipinski definition) is 0. The van der Waals surface area contributed by atoms with Crippen molar-refractivity contribution in [1.29, 1.82) is 0 Å². The molecular weight excluding hydrogens is 680 g/mol. The van der Waals surface area contributed by atoms with Gasteiger partial charge in [0.15, 0.2) is 16.3 Å². The first kappa shape index (κ1) is 32.5. The quantitative estimate of drug-likeness (QED) is 0.163. The molecule has 11 heteroatoms. The Labute approximate surface area is 278 Å². The van der Waals surface area contributed by atoms with E-state index in [0.717, 1.165) is 12.0 Å². The molecule has 5 rings (SSSR count). The minimum absolute atomic E-state index is 0.174. The van der Waals surface area contributed by atoms with E-state index >= 15 is 0 Å². The van der Waals surface area contributed by atoms with E-state index in [-0.39, 0.29) is 12.2 Å². The summed E-state index contributed by atoms with van der Waals surface area (Å²) in [6, 6.07) is 17.8. The van der Waals surface area contributed by atoms with E-state index in [9.17, 15) is 9.59 Å². The number of nitrogens with zero attached hydrogens (tertiary/aromatic N) is 2. The van der Waals surface area contributed by atoms with Crippen LogP contribution in [0.2, 0.25) is 5.02 Å². The maximum absolute atomic E-state index is 14.2. The molecule has 0 aliphatic carbocycles. The second-order valence-corrected chi connectivity index (χ2v) is 12.4. The van der Waals surface area contributed by atoms with Crippen LogP contribution >= 0.6 is 38.9 Å². The molecule has 1 aromatic heterocycles. The van der Waals surface area contributed by atoms with Gasteiger partial charge in [-0.15, -0.1) is 0 Å². The van der Waals surface area contributed by atoms with Crippen molar-refractivity contribution in [3.63, 3.8) is 0 Å². The van der Waals surface area contributed by atoms with Crippen molar-refractivity contribution in [1.82, 2.24) is 4.57 Å². The van der Waals surface area contributed by atoms with Crippen molar-refractivity contribution >= 4 is 50.9 Å². The van der Waals surface area contributed by atoms with E-state index in [1.165, 1.54) is 23.0 Å². The topological polar surface area (TPSA) is 88.4 Å². The summed E-state index contributed by atoms with van der Waals surface area (Å²) in [6.07, 6.45) is 3.04. The van der Waals surface area contributed by atoms with E-state index in [1.807, 2.05) is 49.4 Å². The molecule has 0 bridgehead atoms. The summed E-state index contributed by atoms with van der Waals surface area (Å²) >= 11 is 11.3. The van der Waals surface area contributed by atoms with Gasteiger partial charge in [-0.2, -0.15) is 0 Å². The Morgan fingerprint density at radius 2 is 1.82 bits per heavy atom. The van der Waals surface area contributed by atoms with Crippen molar-refractivity contribution in [2.45, 2.75) is 39.3 Å². The molecule has 0 amide bonds. The standard InChI is InChI=1S/C34H32BrClN2O6S/c1-5-10-25-29(33(40)43-6-2)30(23-18-22(36)13-14-26(23)41-3)38-32(39)28(45-34(38)37-25)17-21-15-24(35)31(27(16-21)42-4)44-19-20-11-8-7-9-12-20/h7-9,11-18,30H,5-6,10,19H2,1-4H3/b28-17+/t30-/m1/s1. The Bertz CT molecular complexity index is 1940. The molecule has 0 saturated carbocycles. The number of thiazole rings is 1. The smallest absolute Gasteiger partial charge is 0.338 e. The number of fused-ring (bicyclic) bond motifs is 1. The lowest BCUT2D eigenvalue weighted by Gasteiger charge is -2.27. The van der Waals surface area contributed by atoms with Crippen molar-refractivity contribution in [2.75, 3.05) is 20.8 Å². The number of hydrogen-bond acceptors (Lipinski definition) is 8. The van der Waals surface area contributed by atoms with Gasteiger partial charge in [-0.05, 0) is 76.8 Å². The maximum atomic E-state index is 14.2. The fourth-order valence-corrected chi connectivity index (χ4v) is 6.95. The molecule has 2 heterocycles. The van der Waals surface area contributed by atoms with Gasteiger partial charge in [-0.1, -0.05) is 66.6 Å². The molecule has 0 saturated heterocycles. The summed E-state index contributed by atoms with van der Waals surface area (Å²) in [7, 11) is 3.11. The lowest BCUT2D eigenvalue weighted by atomic mass is 9.93. The minimum atomic E-state index is -0.854. The lowest BCUT2D eigenvalue weighted by molar-refractivity contribution is -0.139. The van der Waals surface area contributed by atoms with Crippen LogP contribution in [0.4, 0.5) is 0 Å². The van der Waals surface area contributed by atoms with Crippen LogP contribution < -0.4 is 29.1 Å². The monoisotopic (exact) mass is 710 g/mol. The average Bonchev–Trinajstić information content (AvgIpc) is 3.34. The second kappa shape index (κ2) is 14.5. The van der Waals surface area contributed by atoms with Gasteiger partial charge < -0.3 is 18.9 Å². The first-order valence-corrected chi connectivity index (χ1v) is 16.4. The van der Waals surface area contributed by atoms with Gasteiger partial charge in [0.1, 0.15) is 18.4 Å². The van der Waals surface area contributed by atoms with Crippen molar-refractivity contribution in [2.24, 2.45) is 4.99 Å². The van der Waals surface area contributed by atoms with Gasteiger partial charge in [-0.25, -0.2) is 9.79 Å². The highest BCUT2D eigenvalue weighted by Gasteiger charge is 2.36. The largest absolute Gasteiger partial charge is 0.496 e. The molecule has 0 fully saturated rings. The molecule has 0 radical (unpaired) electrons. The first-order valence-electron chi connectivity index (χ1n) is 14.4. The lowest BCUT2D eigenvalue weighted by Crippen LogP contribution is -2.40. The summed E-state index contributed by atoms with van der Waals surface area (Å²) < 4.78 is 25.5. The summed E-state index contributed by atoms with van der Waals surface area (Å²) in [5, 5.41) is 0.441. The molecular formula is C34H32BrClN2O6S. The second-order valence-electron chi connectivity index (χ2n) is 10.1. The van der Waals surface area contributed by atoms with Crippen molar-refractivity contribution < 1.29 is 23.7 Å². The Kier molecular flexibility index (Phi) is 10.5. The number of carbonyl (C=O) groups is 1. The number of carbonyl (C=O) groups excluding carboxylic acids is 1. The third kappa shape index (κ3) is 6.88. The number of esters is 1. The normalized spacial score (nSPS) is 14.5. The summed E-state index contributed by atoms with van der Waals surface area (Å²) in [4.78, 5) is 33.0. The van der Waals surface area contributed by atoms with Gasteiger partial charge in [-0.3, -0.25) is 9.36 Å². The molecule has 234 valence electrons. The SMILES string of the molecule is CCCC1=C(C(=O)OCC)[C@@H](c2cc(Cl)ccc2OC)n2c(s/c(=C/c3cc(Br)c(OCc4ccccc4)c(OC)c3)c2=O)=N1. The number of benzene rings is 3. The number of methoxy groups -OCH3 is 2. The van der Waals surface area contributed by atoms with E-state index < -0.39 is 12.0 Å². The Hall–Kier alpha value is -3.86. The molecule has 4 aromatic rings. The minimum Gasteiger partial charge on any atom is -0.496 e. The van der Waals surface area contributed by atoms with Crippen molar-refractivity contribution in [3.8, 4) is 17.2 Å². The van der Waals surface area contributed by atoms with Gasteiger partial charge in [0, 0.05) is 10.6 Å². The number of aromatic nitrogens is 1. The van der Waals surface area contributed by atoms with Crippen LogP contribution in [0.3, 0.4) is 0 Å². The van der Waals surface area contributed by atoms with Crippen LogP contribution in [0.25, 0.3) is 6.08 Å². The molecule has 3 aromatic carbocycles. The number of ether oxygens (including phenoxy) is 4. The van der Waals surface area contributed by atoms with Crippen LogP contribution in [-0.2, 0) is 16.1 Å². The van der Waals surface area contributed by atoms with E-state index in [0.29, 0.717) is 71.5 Å². The van der Waals surface area contributed by atoms with Crippen LogP contribution in [0.1, 0.15) is 49.4 Å². The highest BCUT2D eigenvalue weighted by Crippen LogP contribution is 2.39. The molecule has 1 atom stereocenters. The third-order valence-electron chi connectivity index (χ3n) is 7.15. The van der Waals surface area contributed by atoms with Gasteiger partial charge in [0.2, 0.25) is 0 Å². The Morgan fingerprint density at radius 3 is 2.51 bits per heavy atom. The zero-order valence-corrected chi connectivity index (χ0v) is 28.4. The molecule has 0 spiro atoms. The Morgan fingerprint density at radius 1 is 1.07 bits per heavy atom. The highest BCUT2D eigenvalue weighted by atomic mass is 79.9.